The first-order valence-electron chi connectivity index (χ1n) is 8.29. The molecule has 0 saturated carbocycles. The SMILES string of the molecule is O=C(O)c1ccc2oc(=O)n(CC(=O)N3CCCc4ccccc43)c2c1. The normalized spacial score (nSPS) is 13.6. The van der Waals surface area contributed by atoms with Gasteiger partial charge in [-0.2, -0.15) is 0 Å². The third-order valence-electron chi connectivity index (χ3n) is 4.62. The highest BCUT2D eigenvalue weighted by molar-refractivity contribution is 5.96. The van der Waals surface area contributed by atoms with Gasteiger partial charge in [0.2, 0.25) is 5.91 Å². The lowest BCUT2D eigenvalue weighted by molar-refractivity contribution is -0.119. The van der Waals surface area contributed by atoms with Gasteiger partial charge in [-0.3, -0.25) is 9.36 Å². The molecule has 1 amide bonds. The second-order valence-corrected chi connectivity index (χ2v) is 6.22. The van der Waals surface area contributed by atoms with Gasteiger partial charge in [-0.05, 0) is 42.7 Å². The first-order chi connectivity index (χ1) is 12.5. The molecule has 1 N–H and O–H groups in total. The molecule has 7 heteroatoms. The van der Waals surface area contributed by atoms with Crippen LogP contribution in [0, 0.1) is 0 Å². The highest BCUT2D eigenvalue weighted by Crippen LogP contribution is 2.27. The molecule has 7 nitrogen and oxygen atoms in total. The molecule has 0 aliphatic carbocycles. The molecule has 0 fully saturated rings. The number of carboxylic acids is 1. The molecule has 2 aromatic carbocycles. The Morgan fingerprint density at radius 1 is 1.15 bits per heavy atom. The summed E-state index contributed by atoms with van der Waals surface area (Å²) in [4.78, 5) is 37.9. The molecule has 0 radical (unpaired) electrons. The van der Waals surface area contributed by atoms with Crippen LogP contribution in [-0.2, 0) is 17.8 Å². The van der Waals surface area contributed by atoms with Crippen molar-refractivity contribution in [3.05, 3.63) is 64.1 Å². The van der Waals surface area contributed by atoms with Gasteiger partial charge in [0.15, 0.2) is 5.58 Å². The Morgan fingerprint density at radius 3 is 2.77 bits per heavy atom. The van der Waals surface area contributed by atoms with Crippen LogP contribution in [0.5, 0.6) is 0 Å². The van der Waals surface area contributed by atoms with Crippen molar-refractivity contribution in [2.24, 2.45) is 0 Å². The quantitative estimate of drug-likeness (QED) is 0.780. The van der Waals surface area contributed by atoms with Gasteiger partial charge in [0.05, 0.1) is 11.1 Å². The maximum atomic E-state index is 12.9. The first kappa shape index (κ1) is 16.1. The van der Waals surface area contributed by atoms with Crippen LogP contribution in [0.25, 0.3) is 11.1 Å². The van der Waals surface area contributed by atoms with E-state index in [4.69, 9.17) is 9.52 Å². The highest BCUT2D eigenvalue weighted by atomic mass is 16.4. The van der Waals surface area contributed by atoms with Crippen LogP contribution >= 0.6 is 0 Å². The van der Waals surface area contributed by atoms with Crippen LogP contribution in [0.4, 0.5) is 5.69 Å². The van der Waals surface area contributed by atoms with Gasteiger partial charge in [0.25, 0.3) is 0 Å². The van der Waals surface area contributed by atoms with Gasteiger partial charge < -0.3 is 14.4 Å². The molecule has 2 heterocycles. The number of hydrogen-bond donors (Lipinski definition) is 1. The van der Waals surface area contributed by atoms with Crippen LogP contribution in [-0.4, -0.2) is 28.1 Å². The molecule has 1 aliphatic heterocycles. The summed E-state index contributed by atoms with van der Waals surface area (Å²) >= 11 is 0. The second-order valence-electron chi connectivity index (χ2n) is 6.22. The molecule has 0 spiro atoms. The summed E-state index contributed by atoms with van der Waals surface area (Å²) in [6.45, 7) is 0.379. The number of carbonyl (C=O) groups excluding carboxylic acids is 1. The summed E-state index contributed by atoms with van der Waals surface area (Å²) in [5.41, 5.74) is 2.55. The van der Waals surface area contributed by atoms with Crippen molar-refractivity contribution < 1.29 is 19.1 Å². The monoisotopic (exact) mass is 352 g/mol. The Labute approximate surface area is 148 Å². The Bertz CT molecular complexity index is 1080. The fourth-order valence-electron chi connectivity index (χ4n) is 3.36. The molecule has 1 aliphatic rings. The van der Waals surface area contributed by atoms with Gasteiger partial charge in [-0.25, -0.2) is 9.59 Å². The van der Waals surface area contributed by atoms with Crippen LogP contribution < -0.4 is 10.7 Å². The largest absolute Gasteiger partial charge is 0.478 e. The van der Waals surface area contributed by atoms with E-state index in [0.29, 0.717) is 12.1 Å². The van der Waals surface area contributed by atoms with Crippen molar-refractivity contribution in [3.63, 3.8) is 0 Å². The number of aromatic nitrogens is 1. The predicted molar refractivity (Wildman–Crippen MR) is 94.5 cm³/mol. The van der Waals surface area contributed by atoms with Gasteiger partial charge in [-0.15, -0.1) is 0 Å². The molecule has 26 heavy (non-hydrogen) atoms. The lowest BCUT2D eigenvalue weighted by Gasteiger charge is -2.29. The Kier molecular flexibility index (Phi) is 3.84. The van der Waals surface area contributed by atoms with Crippen molar-refractivity contribution in [3.8, 4) is 0 Å². The van der Waals surface area contributed by atoms with Crippen LogP contribution in [0.15, 0.2) is 51.7 Å². The lowest BCUT2D eigenvalue weighted by atomic mass is 10.0. The van der Waals surface area contributed by atoms with Crippen molar-refractivity contribution >= 4 is 28.7 Å². The van der Waals surface area contributed by atoms with E-state index < -0.39 is 11.7 Å². The molecule has 132 valence electrons. The van der Waals surface area contributed by atoms with E-state index in [0.717, 1.165) is 24.1 Å². The fourth-order valence-corrected chi connectivity index (χ4v) is 3.36. The topological polar surface area (TPSA) is 92.7 Å². The Morgan fingerprint density at radius 2 is 1.96 bits per heavy atom. The maximum absolute atomic E-state index is 12.9. The number of amides is 1. The Hall–Kier alpha value is -3.35. The van der Waals surface area contributed by atoms with Gasteiger partial charge in [0.1, 0.15) is 6.54 Å². The zero-order valence-electron chi connectivity index (χ0n) is 13.8. The van der Waals surface area contributed by atoms with Crippen molar-refractivity contribution in [2.75, 3.05) is 11.4 Å². The molecule has 0 unspecified atom stereocenters. The van der Waals surface area contributed by atoms with Crippen LogP contribution in [0.2, 0.25) is 0 Å². The van der Waals surface area contributed by atoms with E-state index in [1.807, 2.05) is 24.3 Å². The number of carboxylic acid groups (broad SMARTS) is 1. The molecule has 1 aromatic heterocycles. The third-order valence-corrected chi connectivity index (χ3v) is 4.62. The van der Waals surface area contributed by atoms with Crippen molar-refractivity contribution in [1.82, 2.24) is 4.57 Å². The third kappa shape index (κ3) is 2.67. The van der Waals surface area contributed by atoms with Crippen molar-refractivity contribution in [1.29, 1.82) is 0 Å². The van der Waals surface area contributed by atoms with Gasteiger partial charge in [-0.1, -0.05) is 18.2 Å². The number of para-hydroxylation sites is 1. The summed E-state index contributed by atoms with van der Waals surface area (Å²) in [5, 5.41) is 9.14. The highest BCUT2D eigenvalue weighted by Gasteiger charge is 2.24. The zero-order valence-corrected chi connectivity index (χ0v) is 13.8. The van der Waals surface area contributed by atoms with E-state index >= 15 is 0 Å². The molecule has 0 atom stereocenters. The van der Waals surface area contributed by atoms with E-state index in [9.17, 15) is 14.4 Å². The number of anilines is 1. The number of oxazole rings is 1. The van der Waals surface area contributed by atoms with Crippen molar-refractivity contribution in [2.45, 2.75) is 19.4 Å². The smallest absolute Gasteiger partial charge is 0.420 e. The average molecular weight is 352 g/mol. The summed E-state index contributed by atoms with van der Waals surface area (Å²) < 4.78 is 6.32. The summed E-state index contributed by atoms with van der Waals surface area (Å²) in [6, 6.07) is 11.8. The molecule has 0 saturated heterocycles. The zero-order chi connectivity index (χ0) is 18.3. The van der Waals surface area contributed by atoms with E-state index in [-0.39, 0.29) is 23.6 Å². The van der Waals surface area contributed by atoms with E-state index in [2.05, 4.69) is 0 Å². The molecule has 0 bridgehead atoms. The standard InChI is InChI=1S/C19H16N2O5/c22-17(20-9-3-5-12-4-1-2-6-14(12)20)11-21-15-10-13(18(23)24)7-8-16(15)26-19(21)25/h1-2,4,6-8,10H,3,5,9,11H2,(H,23,24). The minimum absolute atomic E-state index is 0.0304. The molecule has 4 rings (SSSR count). The maximum Gasteiger partial charge on any atom is 0.420 e. The minimum atomic E-state index is -1.11. The molecular formula is C19H16N2O5. The fraction of sp³-hybridized carbons (Fsp3) is 0.211. The number of carbonyl (C=O) groups is 2. The minimum Gasteiger partial charge on any atom is -0.478 e. The van der Waals surface area contributed by atoms with Gasteiger partial charge in [0, 0.05) is 12.2 Å². The number of nitrogens with zero attached hydrogens (tertiary/aromatic N) is 2. The van der Waals surface area contributed by atoms with E-state index in [1.54, 1.807) is 4.90 Å². The molecule has 3 aromatic rings. The first-order valence-corrected chi connectivity index (χ1v) is 8.29. The number of benzene rings is 2. The number of fused-ring (bicyclic) bond motifs is 2. The number of hydrogen-bond acceptors (Lipinski definition) is 4. The Balaban J connectivity index is 1.71. The van der Waals surface area contributed by atoms with E-state index in [1.165, 1.54) is 22.8 Å². The predicted octanol–water partition coefficient (Wildman–Crippen LogP) is 2.27. The summed E-state index contributed by atoms with van der Waals surface area (Å²) in [5.74, 6) is -2.02. The van der Waals surface area contributed by atoms with Crippen LogP contribution in [0.3, 0.4) is 0 Å². The number of rotatable bonds is 3. The van der Waals surface area contributed by atoms with Gasteiger partial charge >= 0.3 is 11.7 Å². The number of aromatic carboxylic acids is 1. The summed E-state index contributed by atoms with van der Waals surface area (Å²) in [7, 11) is 0. The second kappa shape index (κ2) is 6.18. The number of aryl methyl sites for hydroxylation is 1. The van der Waals surface area contributed by atoms with Crippen LogP contribution in [0.1, 0.15) is 22.3 Å². The summed E-state index contributed by atoms with van der Waals surface area (Å²) in [6.07, 6.45) is 1.77. The lowest BCUT2D eigenvalue weighted by Crippen LogP contribution is -2.39. The molecular weight excluding hydrogens is 336 g/mol. The average Bonchev–Trinajstić information content (AvgIpc) is 2.95.